The molecule has 9 heteroatoms. The number of H-pyrrole nitrogens is 1. The number of carbonyl (C=O) groups excluding carboxylic acids is 2. The van der Waals surface area contributed by atoms with Crippen LogP contribution in [-0.2, 0) is 14.3 Å². The minimum absolute atomic E-state index is 0.0210. The Hall–Kier alpha value is -3.10. The van der Waals surface area contributed by atoms with E-state index in [0.717, 1.165) is 0 Å². The summed E-state index contributed by atoms with van der Waals surface area (Å²) in [7, 11) is 0. The highest BCUT2D eigenvalue weighted by atomic mass is 16.6. The van der Waals surface area contributed by atoms with Gasteiger partial charge in [0.25, 0.3) is 0 Å². The van der Waals surface area contributed by atoms with Crippen molar-refractivity contribution in [3.8, 4) is 0 Å². The van der Waals surface area contributed by atoms with Gasteiger partial charge in [-0.2, -0.15) is 5.10 Å². The highest BCUT2D eigenvalue weighted by Gasteiger charge is 2.36. The van der Waals surface area contributed by atoms with Crippen molar-refractivity contribution >= 4 is 23.7 Å². The van der Waals surface area contributed by atoms with Crippen molar-refractivity contribution < 1.29 is 19.1 Å². The Labute approximate surface area is 182 Å². The van der Waals surface area contributed by atoms with E-state index in [2.05, 4.69) is 20.5 Å². The van der Waals surface area contributed by atoms with Crippen LogP contribution in [0.2, 0.25) is 0 Å². The first-order chi connectivity index (χ1) is 14.8. The molecule has 1 saturated heterocycles. The zero-order valence-corrected chi connectivity index (χ0v) is 18.6. The van der Waals surface area contributed by atoms with Crippen LogP contribution in [0.3, 0.4) is 0 Å². The van der Waals surface area contributed by atoms with E-state index in [1.54, 1.807) is 24.1 Å². The lowest BCUT2D eigenvalue weighted by Gasteiger charge is -2.35. The number of amides is 1. The molecule has 31 heavy (non-hydrogen) atoms. The number of aromatic amines is 1. The third-order valence-corrected chi connectivity index (χ3v) is 5.06. The van der Waals surface area contributed by atoms with E-state index in [9.17, 15) is 9.59 Å². The molecule has 2 N–H and O–H groups in total. The first-order valence-electron chi connectivity index (χ1n) is 10.6. The molecule has 1 aliphatic heterocycles. The van der Waals surface area contributed by atoms with Gasteiger partial charge in [0.15, 0.2) is 0 Å². The van der Waals surface area contributed by atoms with Crippen molar-refractivity contribution in [2.24, 2.45) is 5.92 Å². The Morgan fingerprint density at radius 2 is 2.00 bits per heavy atom. The van der Waals surface area contributed by atoms with Gasteiger partial charge < -0.3 is 19.7 Å². The lowest BCUT2D eigenvalue weighted by molar-refractivity contribution is -0.147. The number of carbonyl (C=O) groups is 2. The van der Waals surface area contributed by atoms with E-state index in [-0.39, 0.29) is 18.0 Å². The Morgan fingerprint density at radius 1 is 1.26 bits per heavy atom. The van der Waals surface area contributed by atoms with Gasteiger partial charge in [-0.25, -0.2) is 9.78 Å². The van der Waals surface area contributed by atoms with Gasteiger partial charge in [0.2, 0.25) is 0 Å². The number of nitrogens with zero attached hydrogens (tertiary/aromatic N) is 3. The first-order valence-corrected chi connectivity index (χ1v) is 10.6. The Morgan fingerprint density at radius 3 is 2.61 bits per heavy atom. The number of ether oxygens (including phenoxy) is 2. The predicted molar refractivity (Wildman–Crippen MR) is 116 cm³/mol. The Balaban J connectivity index is 1.73. The molecule has 0 bridgehead atoms. The molecular weight excluding hydrogens is 398 g/mol. The van der Waals surface area contributed by atoms with Gasteiger partial charge in [0.05, 0.1) is 18.5 Å². The second-order valence-electron chi connectivity index (χ2n) is 8.58. The van der Waals surface area contributed by atoms with E-state index in [0.29, 0.717) is 49.9 Å². The van der Waals surface area contributed by atoms with Crippen molar-refractivity contribution in [1.82, 2.24) is 20.1 Å². The average molecular weight is 430 g/mol. The highest BCUT2D eigenvalue weighted by molar-refractivity contribution is 5.78. The fourth-order valence-electron chi connectivity index (χ4n) is 3.69. The number of esters is 1. The van der Waals surface area contributed by atoms with Crippen molar-refractivity contribution in [1.29, 1.82) is 0 Å². The van der Waals surface area contributed by atoms with Gasteiger partial charge in [-0.05, 0) is 58.6 Å². The minimum atomic E-state index is -0.534. The maximum atomic E-state index is 12.9. The summed E-state index contributed by atoms with van der Waals surface area (Å²) in [5.41, 5.74) is 0.117. The number of hydrogen-bond acceptors (Lipinski definition) is 7. The van der Waals surface area contributed by atoms with Gasteiger partial charge in [-0.1, -0.05) is 6.07 Å². The van der Waals surface area contributed by atoms with Crippen molar-refractivity contribution in [3.63, 3.8) is 0 Å². The molecular formula is C22H31N5O4. The smallest absolute Gasteiger partial charge is 0.410 e. The maximum Gasteiger partial charge on any atom is 0.410 e. The monoisotopic (exact) mass is 429 g/mol. The van der Waals surface area contributed by atoms with Crippen LogP contribution in [0.5, 0.6) is 0 Å². The lowest BCUT2D eigenvalue weighted by Crippen LogP contribution is -2.43. The average Bonchev–Trinajstić information content (AvgIpc) is 3.21. The Kier molecular flexibility index (Phi) is 7.14. The van der Waals surface area contributed by atoms with E-state index in [1.807, 2.05) is 39.0 Å². The number of nitrogens with one attached hydrogen (secondary N) is 2. The van der Waals surface area contributed by atoms with Crippen LogP contribution in [-0.4, -0.2) is 57.4 Å². The van der Waals surface area contributed by atoms with Gasteiger partial charge in [-0.15, -0.1) is 0 Å². The molecule has 1 fully saturated rings. The lowest BCUT2D eigenvalue weighted by atomic mass is 9.82. The summed E-state index contributed by atoms with van der Waals surface area (Å²) in [6, 6.07) is 7.34. The largest absolute Gasteiger partial charge is 0.465 e. The fourth-order valence-corrected chi connectivity index (χ4v) is 3.69. The summed E-state index contributed by atoms with van der Waals surface area (Å²) in [6.45, 7) is 8.71. The van der Waals surface area contributed by atoms with Crippen molar-refractivity contribution in [2.75, 3.05) is 25.0 Å². The van der Waals surface area contributed by atoms with Gasteiger partial charge in [0, 0.05) is 19.2 Å². The number of likely N-dealkylation sites (tertiary alicyclic amines) is 1. The third kappa shape index (κ3) is 6.19. The van der Waals surface area contributed by atoms with Gasteiger partial charge >= 0.3 is 12.1 Å². The second kappa shape index (κ2) is 9.80. The van der Waals surface area contributed by atoms with E-state index in [4.69, 9.17) is 9.47 Å². The quantitative estimate of drug-likeness (QED) is 0.671. The van der Waals surface area contributed by atoms with E-state index >= 15 is 0 Å². The summed E-state index contributed by atoms with van der Waals surface area (Å²) < 4.78 is 10.9. The zero-order chi connectivity index (χ0) is 22.4. The maximum absolute atomic E-state index is 12.9. The molecule has 0 radical (unpaired) electrons. The Bertz CT molecular complexity index is 870. The summed E-state index contributed by atoms with van der Waals surface area (Å²) in [4.78, 5) is 31.6. The molecule has 2 aromatic heterocycles. The standard InChI is InChI=1S/C22H31N5O4/c1-5-30-20(28)19(15-10-13-27(14-11-15)21(29)31-22(2,3)4)16-7-6-8-17(24-16)25-18-9-12-23-26-18/h6-9,12,15,19H,5,10-11,13-14H2,1-4H3,(H2,23,24,25,26). The van der Waals surface area contributed by atoms with Crippen molar-refractivity contribution in [2.45, 2.75) is 52.1 Å². The van der Waals surface area contributed by atoms with Crippen LogP contribution in [0.1, 0.15) is 52.1 Å². The molecule has 1 amide bonds. The van der Waals surface area contributed by atoms with E-state index < -0.39 is 11.5 Å². The van der Waals surface area contributed by atoms with Gasteiger partial charge in [-0.3, -0.25) is 9.89 Å². The summed E-state index contributed by atoms with van der Waals surface area (Å²) in [5, 5.41) is 9.89. The summed E-state index contributed by atoms with van der Waals surface area (Å²) >= 11 is 0. The molecule has 9 nitrogen and oxygen atoms in total. The number of aromatic nitrogens is 3. The minimum Gasteiger partial charge on any atom is -0.465 e. The molecule has 0 saturated carbocycles. The molecule has 1 aliphatic rings. The number of pyridine rings is 1. The van der Waals surface area contributed by atoms with Gasteiger partial charge in [0.1, 0.15) is 23.2 Å². The first kappa shape index (κ1) is 22.6. The van der Waals surface area contributed by atoms with Crippen LogP contribution in [0.4, 0.5) is 16.4 Å². The fraction of sp³-hybridized carbons (Fsp3) is 0.545. The molecule has 3 heterocycles. The number of hydrogen-bond donors (Lipinski definition) is 2. The third-order valence-electron chi connectivity index (χ3n) is 5.06. The second-order valence-corrected chi connectivity index (χ2v) is 8.58. The van der Waals surface area contributed by atoms with Crippen LogP contribution >= 0.6 is 0 Å². The number of rotatable bonds is 6. The topological polar surface area (TPSA) is 109 Å². The molecule has 0 aromatic carbocycles. The number of piperidine rings is 1. The molecule has 3 rings (SSSR count). The van der Waals surface area contributed by atoms with Crippen molar-refractivity contribution in [3.05, 3.63) is 36.2 Å². The summed E-state index contributed by atoms with van der Waals surface area (Å²) in [6.07, 6.45) is 2.67. The predicted octanol–water partition coefficient (Wildman–Crippen LogP) is 3.84. The summed E-state index contributed by atoms with van der Waals surface area (Å²) in [5.74, 6) is 0.562. The van der Waals surface area contributed by atoms with Crippen LogP contribution in [0.15, 0.2) is 30.5 Å². The number of anilines is 2. The highest BCUT2D eigenvalue weighted by Crippen LogP contribution is 2.34. The van der Waals surface area contributed by atoms with Crippen LogP contribution in [0, 0.1) is 5.92 Å². The molecule has 0 aliphatic carbocycles. The SMILES string of the molecule is CCOC(=O)C(c1cccc(Nc2ccn[nH]2)n1)C1CCN(C(=O)OC(C)(C)C)CC1. The molecule has 2 aromatic rings. The van der Waals surface area contributed by atoms with Crippen LogP contribution in [0.25, 0.3) is 0 Å². The van der Waals surface area contributed by atoms with E-state index in [1.165, 1.54) is 0 Å². The van der Waals surface area contributed by atoms with Crippen LogP contribution < -0.4 is 5.32 Å². The molecule has 1 unspecified atom stereocenters. The normalized spacial score (nSPS) is 15.9. The molecule has 1 atom stereocenters. The zero-order valence-electron chi connectivity index (χ0n) is 18.6. The molecule has 168 valence electrons. The molecule has 0 spiro atoms.